The fourth-order valence-electron chi connectivity index (χ4n) is 3.09. The summed E-state index contributed by atoms with van der Waals surface area (Å²) in [5.41, 5.74) is -0.333. The number of fused-ring (bicyclic) bond motifs is 1. The van der Waals surface area contributed by atoms with Crippen LogP contribution in [0.25, 0.3) is 10.9 Å². The second-order valence-electron chi connectivity index (χ2n) is 7.55. The summed E-state index contributed by atoms with van der Waals surface area (Å²) in [4.78, 5) is 24.5. The summed E-state index contributed by atoms with van der Waals surface area (Å²) in [5.74, 6) is 0.0887. The van der Waals surface area contributed by atoms with E-state index in [4.69, 9.17) is 16.3 Å². The number of amides is 1. The van der Waals surface area contributed by atoms with Gasteiger partial charge in [0.2, 0.25) is 0 Å². The molecule has 2 aromatic rings. The lowest BCUT2D eigenvalue weighted by Gasteiger charge is -2.41. The van der Waals surface area contributed by atoms with Crippen LogP contribution in [0.4, 0.5) is 15.0 Å². The minimum absolute atomic E-state index is 0.0325. The molecule has 1 fully saturated rings. The van der Waals surface area contributed by atoms with Crippen LogP contribution in [-0.2, 0) is 4.74 Å². The third-order valence-electron chi connectivity index (χ3n) is 4.30. The molecule has 0 spiro atoms. The Hall–Kier alpha value is -1.67. The van der Waals surface area contributed by atoms with E-state index < -0.39 is 11.4 Å². The molecule has 2 heterocycles. The predicted octanol–water partition coefficient (Wildman–Crippen LogP) is 4.63. The Morgan fingerprint density at radius 2 is 2.07 bits per heavy atom. The maximum Gasteiger partial charge on any atom is 0.410 e. The summed E-state index contributed by atoms with van der Waals surface area (Å²) in [6.45, 7) is 9.02. The normalized spacial score (nSPS) is 18.1. The van der Waals surface area contributed by atoms with Crippen molar-refractivity contribution in [1.82, 2.24) is 14.9 Å². The molecule has 0 radical (unpaired) electrons. The van der Waals surface area contributed by atoms with Gasteiger partial charge >= 0.3 is 6.09 Å². The maximum absolute atomic E-state index is 14.5. The molecule has 1 aliphatic heterocycles. The van der Waals surface area contributed by atoms with Gasteiger partial charge in [0.15, 0.2) is 5.82 Å². The van der Waals surface area contributed by atoms with Crippen LogP contribution >= 0.6 is 27.5 Å². The number of carbonyl (C=O) groups is 1. The third kappa shape index (κ3) is 4.11. The molecular formula is C18H21BrClFN4O2. The Morgan fingerprint density at radius 3 is 2.70 bits per heavy atom. The fraction of sp³-hybridized carbons (Fsp3) is 0.500. The van der Waals surface area contributed by atoms with E-state index in [1.807, 2.05) is 32.6 Å². The zero-order valence-corrected chi connectivity index (χ0v) is 17.9. The Labute approximate surface area is 170 Å². The SMILES string of the molecule is C[C@@H]1CN(C(=O)OC(C)(C)C)CCN1c1ncnc2c(F)c(Br)c(Cl)cc12. The van der Waals surface area contributed by atoms with E-state index in [1.54, 1.807) is 11.0 Å². The largest absolute Gasteiger partial charge is 0.444 e. The Kier molecular flexibility index (Phi) is 5.49. The number of piperazine rings is 1. The van der Waals surface area contributed by atoms with Crippen molar-refractivity contribution in [2.45, 2.75) is 39.3 Å². The predicted molar refractivity (Wildman–Crippen MR) is 107 cm³/mol. The first kappa shape index (κ1) is 20.1. The van der Waals surface area contributed by atoms with Gasteiger partial charge in [0.1, 0.15) is 23.3 Å². The molecule has 1 aromatic heterocycles. The molecule has 1 saturated heterocycles. The molecule has 0 saturated carbocycles. The van der Waals surface area contributed by atoms with E-state index in [9.17, 15) is 9.18 Å². The molecule has 0 N–H and O–H groups in total. The van der Waals surface area contributed by atoms with Crippen LogP contribution in [0.5, 0.6) is 0 Å². The maximum atomic E-state index is 14.5. The van der Waals surface area contributed by atoms with Crippen molar-refractivity contribution in [3.63, 3.8) is 0 Å². The monoisotopic (exact) mass is 458 g/mol. The number of ether oxygens (including phenoxy) is 1. The number of halogens is 3. The summed E-state index contributed by atoms with van der Waals surface area (Å²) < 4.78 is 20.2. The molecule has 0 aliphatic carbocycles. The molecule has 3 rings (SSSR count). The van der Waals surface area contributed by atoms with Gasteiger partial charge in [-0.2, -0.15) is 0 Å². The Morgan fingerprint density at radius 1 is 1.37 bits per heavy atom. The lowest BCUT2D eigenvalue weighted by Crippen LogP contribution is -2.54. The Bertz CT molecular complexity index is 890. The number of hydrogen-bond donors (Lipinski definition) is 0. The molecule has 1 aromatic carbocycles. The minimum atomic E-state index is -0.540. The first-order valence-corrected chi connectivity index (χ1v) is 9.78. The van der Waals surface area contributed by atoms with Crippen LogP contribution in [0.15, 0.2) is 16.9 Å². The van der Waals surface area contributed by atoms with Gasteiger partial charge in [0.25, 0.3) is 0 Å². The summed E-state index contributed by atoms with van der Waals surface area (Å²) in [6.07, 6.45) is 1.01. The van der Waals surface area contributed by atoms with Gasteiger partial charge in [-0.1, -0.05) is 11.6 Å². The quantitative estimate of drug-likeness (QED) is 0.582. The van der Waals surface area contributed by atoms with E-state index in [1.165, 1.54) is 6.33 Å². The highest BCUT2D eigenvalue weighted by Crippen LogP contribution is 2.35. The van der Waals surface area contributed by atoms with E-state index >= 15 is 0 Å². The van der Waals surface area contributed by atoms with Gasteiger partial charge in [-0.05, 0) is 49.7 Å². The number of hydrogen-bond acceptors (Lipinski definition) is 5. The molecule has 6 nitrogen and oxygen atoms in total. The second kappa shape index (κ2) is 7.39. The molecule has 146 valence electrons. The van der Waals surface area contributed by atoms with Gasteiger partial charge in [0, 0.05) is 31.1 Å². The number of carbonyl (C=O) groups excluding carboxylic acids is 1. The number of nitrogens with zero attached hydrogens (tertiary/aromatic N) is 4. The zero-order chi connectivity index (χ0) is 19.9. The average Bonchev–Trinajstić information content (AvgIpc) is 2.58. The number of rotatable bonds is 1. The van der Waals surface area contributed by atoms with Crippen LogP contribution in [0.1, 0.15) is 27.7 Å². The van der Waals surface area contributed by atoms with Crippen LogP contribution in [0, 0.1) is 5.82 Å². The molecular weight excluding hydrogens is 439 g/mol. The highest BCUT2D eigenvalue weighted by atomic mass is 79.9. The van der Waals surface area contributed by atoms with Gasteiger partial charge in [-0.15, -0.1) is 0 Å². The van der Waals surface area contributed by atoms with Gasteiger partial charge in [-0.25, -0.2) is 19.2 Å². The molecule has 27 heavy (non-hydrogen) atoms. The van der Waals surface area contributed by atoms with E-state index in [0.717, 1.165) is 0 Å². The van der Waals surface area contributed by atoms with Crippen molar-refractivity contribution in [2.75, 3.05) is 24.5 Å². The minimum Gasteiger partial charge on any atom is -0.444 e. The van der Waals surface area contributed by atoms with Crippen molar-refractivity contribution in [3.05, 3.63) is 27.7 Å². The van der Waals surface area contributed by atoms with Crippen molar-refractivity contribution in [3.8, 4) is 0 Å². The first-order valence-electron chi connectivity index (χ1n) is 8.61. The number of benzene rings is 1. The molecule has 0 bridgehead atoms. The van der Waals surface area contributed by atoms with Crippen molar-refractivity contribution < 1.29 is 13.9 Å². The Balaban J connectivity index is 1.88. The van der Waals surface area contributed by atoms with Gasteiger partial charge in [0.05, 0.1) is 9.50 Å². The van der Waals surface area contributed by atoms with Gasteiger partial charge < -0.3 is 14.5 Å². The van der Waals surface area contributed by atoms with Crippen molar-refractivity contribution in [2.24, 2.45) is 0 Å². The smallest absolute Gasteiger partial charge is 0.410 e. The zero-order valence-electron chi connectivity index (χ0n) is 15.6. The summed E-state index contributed by atoms with van der Waals surface area (Å²) in [5, 5.41) is 0.803. The molecule has 0 unspecified atom stereocenters. The van der Waals surface area contributed by atoms with Crippen LogP contribution in [0.3, 0.4) is 0 Å². The van der Waals surface area contributed by atoms with E-state index in [2.05, 4.69) is 25.9 Å². The molecule has 1 atom stereocenters. The first-order chi connectivity index (χ1) is 12.6. The summed E-state index contributed by atoms with van der Waals surface area (Å²) >= 11 is 9.28. The highest BCUT2D eigenvalue weighted by Gasteiger charge is 2.31. The van der Waals surface area contributed by atoms with Crippen molar-refractivity contribution in [1.29, 1.82) is 0 Å². The van der Waals surface area contributed by atoms with Crippen LogP contribution in [-0.4, -0.2) is 52.2 Å². The van der Waals surface area contributed by atoms with Crippen LogP contribution in [0.2, 0.25) is 5.02 Å². The molecule has 1 aliphatic rings. The van der Waals surface area contributed by atoms with Crippen molar-refractivity contribution >= 4 is 50.3 Å². The second-order valence-corrected chi connectivity index (χ2v) is 8.75. The summed E-state index contributed by atoms with van der Waals surface area (Å²) in [6, 6.07) is 1.63. The van der Waals surface area contributed by atoms with E-state index in [-0.39, 0.29) is 27.1 Å². The van der Waals surface area contributed by atoms with E-state index in [0.29, 0.717) is 30.8 Å². The highest BCUT2D eigenvalue weighted by molar-refractivity contribution is 9.10. The summed E-state index contributed by atoms with van der Waals surface area (Å²) in [7, 11) is 0. The lowest BCUT2D eigenvalue weighted by atomic mass is 10.1. The topological polar surface area (TPSA) is 58.6 Å². The average molecular weight is 460 g/mol. The number of aromatic nitrogens is 2. The molecule has 9 heteroatoms. The standard InChI is InChI=1S/C18H21BrClFN4O2/c1-10-8-24(17(26)27-18(2,3)4)5-6-25(10)16-11-7-12(20)13(19)14(21)15(11)22-9-23-16/h7,9-10H,5-6,8H2,1-4H3/t10-/m1/s1. The third-order valence-corrected chi connectivity index (χ3v) is 5.60. The number of anilines is 1. The lowest BCUT2D eigenvalue weighted by molar-refractivity contribution is 0.0218. The fourth-order valence-corrected chi connectivity index (χ4v) is 3.58. The van der Waals surface area contributed by atoms with Gasteiger partial charge in [-0.3, -0.25) is 0 Å². The molecule has 1 amide bonds. The van der Waals surface area contributed by atoms with Crippen LogP contribution < -0.4 is 4.90 Å².